The molecule has 5 heteroatoms. The standard InChI is InChI=1S/C20H20N2O3/c1-22(13-10-17-7-5-6-12-21-17)20(23)19-16(11-14-24-19)15-25-18-8-3-2-4-9-18/h2-9,11-12,14H,10,13,15H2,1H3. The maximum absolute atomic E-state index is 12.6. The number of pyridine rings is 1. The van der Waals surface area contributed by atoms with Crippen molar-refractivity contribution in [1.82, 2.24) is 9.88 Å². The van der Waals surface area contributed by atoms with Gasteiger partial charge >= 0.3 is 0 Å². The first kappa shape index (κ1) is 16.8. The van der Waals surface area contributed by atoms with Crippen LogP contribution < -0.4 is 4.74 Å². The molecule has 0 radical (unpaired) electrons. The Bertz CT molecular complexity index is 800. The van der Waals surface area contributed by atoms with Crippen LogP contribution in [0.1, 0.15) is 21.8 Å². The first-order chi connectivity index (χ1) is 12.2. The zero-order valence-corrected chi connectivity index (χ0v) is 14.1. The van der Waals surface area contributed by atoms with Crippen LogP contribution in [0.4, 0.5) is 0 Å². The lowest BCUT2D eigenvalue weighted by Crippen LogP contribution is -2.29. The summed E-state index contributed by atoms with van der Waals surface area (Å²) in [6.07, 6.45) is 3.96. The molecule has 128 valence electrons. The fourth-order valence-electron chi connectivity index (χ4n) is 2.42. The van der Waals surface area contributed by atoms with Gasteiger partial charge < -0.3 is 14.1 Å². The normalized spacial score (nSPS) is 10.4. The second-order valence-electron chi connectivity index (χ2n) is 5.67. The number of aromatic nitrogens is 1. The molecule has 5 nitrogen and oxygen atoms in total. The largest absolute Gasteiger partial charge is 0.489 e. The molecule has 3 rings (SSSR count). The molecule has 0 atom stereocenters. The Balaban J connectivity index is 1.59. The van der Waals surface area contributed by atoms with Crippen LogP contribution in [0, 0.1) is 0 Å². The zero-order valence-electron chi connectivity index (χ0n) is 14.1. The molecule has 0 aliphatic carbocycles. The number of benzene rings is 1. The summed E-state index contributed by atoms with van der Waals surface area (Å²) in [7, 11) is 1.76. The summed E-state index contributed by atoms with van der Waals surface area (Å²) >= 11 is 0. The molecule has 0 bridgehead atoms. The smallest absolute Gasteiger partial charge is 0.289 e. The third-order valence-corrected chi connectivity index (χ3v) is 3.85. The molecule has 25 heavy (non-hydrogen) atoms. The van der Waals surface area contributed by atoms with Crippen molar-refractivity contribution in [3.8, 4) is 5.75 Å². The van der Waals surface area contributed by atoms with Crippen LogP contribution in [0.15, 0.2) is 71.5 Å². The highest BCUT2D eigenvalue weighted by Crippen LogP contribution is 2.17. The van der Waals surface area contributed by atoms with Crippen molar-refractivity contribution < 1.29 is 13.9 Å². The molecule has 2 aromatic heterocycles. The van der Waals surface area contributed by atoms with Crippen molar-refractivity contribution in [2.45, 2.75) is 13.0 Å². The Labute approximate surface area is 146 Å². The second-order valence-corrected chi connectivity index (χ2v) is 5.67. The van der Waals surface area contributed by atoms with E-state index >= 15 is 0 Å². The van der Waals surface area contributed by atoms with E-state index in [9.17, 15) is 4.79 Å². The van der Waals surface area contributed by atoms with Crippen molar-refractivity contribution in [2.75, 3.05) is 13.6 Å². The summed E-state index contributed by atoms with van der Waals surface area (Å²) in [5.74, 6) is 0.914. The predicted molar refractivity (Wildman–Crippen MR) is 94.4 cm³/mol. The minimum absolute atomic E-state index is 0.160. The Morgan fingerprint density at radius 2 is 1.92 bits per heavy atom. The summed E-state index contributed by atoms with van der Waals surface area (Å²) in [6, 6.07) is 17.0. The highest BCUT2D eigenvalue weighted by Gasteiger charge is 2.19. The topological polar surface area (TPSA) is 55.6 Å². The monoisotopic (exact) mass is 336 g/mol. The van der Waals surface area contributed by atoms with Gasteiger partial charge in [0.1, 0.15) is 12.4 Å². The molecule has 0 unspecified atom stereocenters. The summed E-state index contributed by atoms with van der Waals surface area (Å²) in [5.41, 5.74) is 1.69. The fourth-order valence-corrected chi connectivity index (χ4v) is 2.42. The van der Waals surface area contributed by atoms with Crippen LogP contribution >= 0.6 is 0 Å². The van der Waals surface area contributed by atoms with Crippen LogP contribution in [0.5, 0.6) is 5.75 Å². The number of carbonyl (C=O) groups excluding carboxylic acids is 1. The zero-order chi connectivity index (χ0) is 17.5. The number of nitrogens with zero attached hydrogens (tertiary/aromatic N) is 2. The molecule has 2 heterocycles. The molecular weight excluding hydrogens is 316 g/mol. The van der Waals surface area contributed by atoms with Crippen LogP contribution in [0.25, 0.3) is 0 Å². The first-order valence-corrected chi connectivity index (χ1v) is 8.13. The van der Waals surface area contributed by atoms with Crippen LogP contribution in [0.3, 0.4) is 0 Å². The molecule has 0 spiro atoms. The van der Waals surface area contributed by atoms with Crippen molar-refractivity contribution in [2.24, 2.45) is 0 Å². The lowest BCUT2D eigenvalue weighted by Gasteiger charge is -2.16. The number of para-hydroxylation sites is 1. The maximum Gasteiger partial charge on any atom is 0.289 e. The lowest BCUT2D eigenvalue weighted by atomic mass is 10.2. The maximum atomic E-state index is 12.6. The van der Waals surface area contributed by atoms with E-state index in [0.29, 0.717) is 18.7 Å². The van der Waals surface area contributed by atoms with Gasteiger partial charge in [-0.15, -0.1) is 0 Å². The van der Waals surface area contributed by atoms with E-state index in [-0.39, 0.29) is 12.5 Å². The van der Waals surface area contributed by atoms with Gasteiger partial charge in [-0.1, -0.05) is 24.3 Å². The highest BCUT2D eigenvalue weighted by molar-refractivity contribution is 5.92. The number of carbonyl (C=O) groups is 1. The number of likely N-dealkylation sites (N-methyl/N-ethyl adjacent to an activating group) is 1. The van der Waals surface area contributed by atoms with Gasteiger partial charge in [0, 0.05) is 37.5 Å². The highest BCUT2D eigenvalue weighted by atomic mass is 16.5. The molecule has 0 saturated carbocycles. The van der Waals surface area contributed by atoms with E-state index in [1.54, 1.807) is 24.2 Å². The molecule has 0 saturated heterocycles. The van der Waals surface area contributed by atoms with Crippen LogP contribution in [-0.2, 0) is 13.0 Å². The van der Waals surface area contributed by atoms with Crippen molar-refractivity contribution in [3.63, 3.8) is 0 Å². The Hall–Kier alpha value is -3.08. The minimum atomic E-state index is -0.160. The van der Waals surface area contributed by atoms with Gasteiger partial charge in [0.25, 0.3) is 5.91 Å². The molecule has 1 aromatic carbocycles. The molecule has 0 N–H and O–H groups in total. The quantitative estimate of drug-likeness (QED) is 0.662. The molecule has 0 fully saturated rings. The average Bonchev–Trinajstić information content (AvgIpc) is 3.14. The summed E-state index contributed by atoms with van der Waals surface area (Å²) in [5, 5.41) is 0. The van der Waals surface area contributed by atoms with E-state index in [1.165, 1.54) is 6.26 Å². The van der Waals surface area contributed by atoms with Gasteiger partial charge in [-0.3, -0.25) is 9.78 Å². The number of ether oxygens (including phenoxy) is 1. The number of hydrogen-bond donors (Lipinski definition) is 0. The van der Waals surface area contributed by atoms with Crippen molar-refractivity contribution in [1.29, 1.82) is 0 Å². The van der Waals surface area contributed by atoms with Gasteiger partial charge in [-0.2, -0.15) is 0 Å². The predicted octanol–water partition coefficient (Wildman–Crippen LogP) is 3.57. The van der Waals surface area contributed by atoms with Gasteiger partial charge in [0.15, 0.2) is 5.76 Å². The van der Waals surface area contributed by atoms with Crippen LogP contribution in [-0.4, -0.2) is 29.4 Å². The number of rotatable bonds is 7. The van der Waals surface area contributed by atoms with Crippen molar-refractivity contribution in [3.05, 3.63) is 84.1 Å². The number of furan rings is 1. The van der Waals surface area contributed by atoms with E-state index in [0.717, 1.165) is 17.0 Å². The molecule has 3 aromatic rings. The Morgan fingerprint density at radius 1 is 1.12 bits per heavy atom. The summed E-state index contributed by atoms with van der Waals surface area (Å²) in [6.45, 7) is 0.852. The summed E-state index contributed by atoms with van der Waals surface area (Å²) in [4.78, 5) is 18.5. The third kappa shape index (κ3) is 4.47. The van der Waals surface area contributed by atoms with Crippen LogP contribution in [0.2, 0.25) is 0 Å². The fraction of sp³-hybridized carbons (Fsp3) is 0.200. The van der Waals surface area contributed by atoms with E-state index in [4.69, 9.17) is 9.15 Å². The molecule has 1 amide bonds. The number of amides is 1. The van der Waals surface area contributed by atoms with Gasteiger partial charge in [-0.25, -0.2) is 0 Å². The third-order valence-electron chi connectivity index (χ3n) is 3.85. The average molecular weight is 336 g/mol. The SMILES string of the molecule is CN(CCc1ccccn1)C(=O)c1occc1COc1ccccc1. The van der Waals surface area contributed by atoms with Gasteiger partial charge in [0.05, 0.1) is 6.26 Å². The van der Waals surface area contributed by atoms with Gasteiger partial charge in [-0.05, 0) is 30.3 Å². The van der Waals surface area contributed by atoms with E-state index in [1.807, 2.05) is 48.5 Å². The Morgan fingerprint density at radius 3 is 2.68 bits per heavy atom. The summed E-state index contributed by atoms with van der Waals surface area (Å²) < 4.78 is 11.1. The Kier molecular flexibility index (Phi) is 5.46. The molecular formula is C20H20N2O3. The minimum Gasteiger partial charge on any atom is -0.489 e. The second kappa shape index (κ2) is 8.15. The first-order valence-electron chi connectivity index (χ1n) is 8.13. The van der Waals surface area contributed by atoms with E-state index in [2.05, 4.69) is 4.98 Å². The lowest BCUT2D eigenvalue weighted by molar-refractivity contribution is 0.0761. The van der Waals surface area contributed by atoms with Gasteiger partial charge in [0.2, 0.25) is 0 Å². The molecule has 0 aliphatic rings. The number of hydrogen-bond acceptors (Lipinski definition) is 4. The van der Waals surface area contributed by atoms with E-state index < -0.39 is 0 Å². The van der Waals surface area contributed by atoms with Crippen molar-refractivity contribution >= 4 is 5.91 Å². The molecule has 0 aliphatic heterocycles.